The number of hydrogen-bond donors (Lipinski definition) is 1. The van der Waals surface area contributed by atoms with E-state index in [1.54, 1.807) is 21.9 Å². The van der Waals surface area contributed by atoms with E-state index in [0.29, 0.717) is 37.7 Å². The predicted octanol–water partition coefficient (Wildman–Crippen LogP) is 4.17. The number of hydrogen-bond acceptors (Lipinski definition) is 4. The van der Waals surface area contributed by atoms with Crippen molar-refractivity contribution in [3.05, 3.63) is 34.9 Å². The Hall–Kier alpha value is -2.12. The van der Waals surface area contributed by atoms with Crippen LogP contribution in [0.4, 0.5) is 4.79 Å². The van der Waals surface area contributed by atoms with E-state index in [1.807, 2.05) is 12.1 Å². The molecule has 2 aliphatic rings. The van der Waals surface area contributed by atoms with E-state index < -0.39 is 17.7 Å². The molecule has 1 saturated carbocycles. The van der Waals surface area contributed by atoms with Gasteiger partial charge in [-0.1, -0.05) is 62.8 Å². The Morgan fingerprint density at radius 1 is 1.18 bits per heavy atom. The van der Waals surface area contributed by atoms with Crippen molar-refractivity contribution in [1.29, 1.82) is 0 Å². The fourth-order valence-electron chi connectivity index (χ4n) is 4.68. The second-order valence-corrected chi connectivity index (χ2v) is 9.35. The van der Waals surface area contributed by atoms with Crippen LogP contribution in [0.25, 0.3) is 0 Å². The van der Waals surface area contributed by atoms with E-state index in [1.165, 1.54) is 0 Å². The molecule has 3 amide bonds. The van der Waals surface area contributed by atoms with Crippen LogP contribution in [0.2, 0.25) is 5.02 Å². The Labute approximate surface area is 201 Å². The van der Waals surface area contributed by atoms with Gasteiger partial charge in [0.25, 0.3) is 5.91 Å². The molecule has 1 aromatic carbocycles. The molecule has 1 saturated heterocycles. The maximum Gasteiger partial charge on any atom is 0.321 e. The topological polar surface area (TPSA) is 79.0 Å². The van der Waals surface area contributed by atoms with E-state index in [2.05, 4.69) is 12.2 Å². The van der Waals surface area contributed by atoms with Gasteiger partial charge in [-0.05, 0) is 37.0 Å². The smallest absolute Gasteiger partial charge is 0.321 e. The van der Waals surface area contributed by atoms with E-state index in [0.717, 1.165) is 50.5 Å². The number of nitrogens with one attached hydrogen (secondary N) is 1. The standard InChI is InChI=1S/C25H36ClN3O4/c1-2-3-12-22(23(30)24(31)27-18-19-8-7-9-20(26)17-19)29(21-10-5-4-6-11-21)25(32)28-13-15-33-16-14-28/h7-9,17,21-22H,2-6,10-16,18H2,1H3,(H,27,31)/t22-/m0/s1. The summed E-state index contributed by atoms with van der Waals surface area (Å²) in [6.45, 7) is 4.28. The number of ether oxygens (including phenoxy) is 1. The highest BCUT2D eigenvalue weighted by Crippen LogP contribution is 2.28. The molecule has 182 valence electrons. The quantitative estimate of drug-likeness (QED) is 0.541. The second-order valence-electron chi connectivity index (χ2n) is 8.92. The van der Waals surface area contributed by atoms with E-state index in [9.17, 15) is 14.4 Å². The van der Waals surface area contributed by atoms with Gasteiger partial charge in [-0.3, -0.25) is 9.59 Å². The molecule has 33 heavy (non-hydrogen) atoms. The molecule has 1 aromatic rings. The number of carbonyl (C=O) groups excluding carboxylic acids is 3. The first kappa shape index (κ1) is 25.5. The molecular formula is C25H36ClN3O4. The van der Waals surface area contributed by atoms with Crippen LogP contribution in [0.15, 0.2) is 24.3 Å². The third kappa shape index (κ3) is 7.18. The number of nitrogens with zero attached hydrogens (tertiary/aromatic N) is 2. The zero-order valence-corrected chi connectivity index (χ0v) is 20.3. The Kier molecular flexibility index (Phi) is 10.0. The zero-order valence-electron chi connectivity index (χ0n) is 19.6. The van der Waals surface area contributed by atoms with Gasteiger partial charge in [-0.25, -0.2) is 4.79 Å². The molecule has 1 aliphatic heterocycles. The van der Waals surface area contributed by atoms with Gasteiger partial charge in [0.2, 0.25) is 5.78 Å². The highest BCUT2D eigenvalue weighted by Gasteiger charge is 2.39. The van der Waals surface area contributed by atoms with Crippen LogP contribution in [0.1, 0.15) is 63.9 Å². The number of rotatable bonds is 9. The summed E-state index contributed by atoms with van der Waals surface area (Å²) in [6, 6.07) is 6.28. The lowest BCUT2D eigenvalue weighted by atomic mass is 9.91. The van der Waals surface area contributed by atoms with Crippen LogP contribution in [0.5, 0.6) is 0 Å². The van der Waals surface area contributed by atoms with Crippen molar-refractivity contribution >= 4 is 29.3 Å². The molecule has 0 unspecified atom stereocenters. The lowest BCUT2D eigenvalue weighted by Gasteiger charge is -2.42. The van der Waals surface area contributed by atoms with Crippen molar-refractivity contribution in [2.75, 3.05) is 26.3 Å². The van der Waals surface area contributed by atoms with E-state index >= 15 is 0 Å². The maximum absolute atomic E-state index is 13.6. The Morgan fingerprint density at radius 3 is 2.58 bits per heavy atom. The summed E-state index contributed by atoms with van der Waals surface area (Å²) in [5, 5.41) is 3.32. The maximum atomic E-state index is 13.6. The first-order chi connectivity index (χ1) is 16.0. The highest BCUT2D eigenvalue weighted by atomic mass is 35.5. The molecule has 2 fully saturated rings. The number of morpholine rings is 1. The summed E-state index contributed by atoms with van der Waals surface area (Å²) in [5.74, 6) is -1.18. The van der Waals surface area contributed by atoms with Crippen molar-refractivity contribution in [1.82, 2.24) is 15.1 Å². The number of amides is 3. The molecule has 0 spiro atoms. The Morgan fingerprint density at radius 2 is 1.91 bits per heavy atom. The fraction of sp³-hybridized carbons (Fsp3) is 0.640. The lowest BCUT2D eigenvalue weighted by molar-refractivity contribution is -0.141. The summed E-state index contributed by atoms with van der Waals surface area (Å²) in [7, 11) is 0. The zero-order chi connectivity index (χ0) is 23.6. The van der Waals surface area contributed by atoms with Crippen LogP contribution in [-0.2, 0) is 20.9 Å². The summed E-state index contributed by atoms with van der Waals surface area (Å²) < 4.78 is 5.42. The molecule has 0 aromatic heterocycles. The molecule has 8 heteroatoms. The van der Waals surface area contributed by atoms with Gasteiger partial charge < -0.3 is 19.9 Å². The number of benzene rings is 1. The molecule has 0 bridgehead atoms. The third-order valence-electron chi connectivity index (χ3n) is 6.51. The normalized spacial score (nSPS) is 17.9. The number of ketones is 1. The van der Waals surface area contributed by atoms with Gasteiger partial charge in [0.05, 0.1) is 13.2 Å². The largest absolute Gasteiger partial charge is 0.378 e. The molecule has 0 radical (unpaired) electrons. The van der Waals surface area contributed by atoms with Crippen LogP contribution in [-0.4, -0.2) is 65.9 Å². The molecule has 1 atom stereocenters. The molecule has 3 rings (SSSR count). The monoisotopic (exact) mass is 477 g/mol. The molecule has 1 N–H and O–H groups in total. The first-order valence-corrected chi connectivity index (χ1v) is 12.6. The summed E-state index contributed by atoms with van der Waals surface area (Å²) >= 11 is 6.03. The summed E-state index contributed by atoms with van der Waals surface area (Å²) in [4.78, 5) is 43.5. The van der Waals surface area contributed by atoms with Crippen LogP contribution >= 0.6 is 11.6 Å². The number of urea groups is 1. The van der Waals surface area contributed by atoms with Crippen LogP contribution in [0, 0.1) is 0 Å². The number of Topliss-reactive ketones (excluding diaryl/α,β-unsaturated/α-hetero) is 1. The van der Waals surface area contributed by atoms with Gasteiger partial charge in [-0.15, -0.1) is 0 Å². The molecular weight excluding hydrogens is 442 g/mol. The lowest BCUT2D eigenvalue weighted by Crippen LogP contribution is -2.59. The molecule has 1 aliphatic carbocycles. The average molecular weight is 478 g/mol. The van der Waals surface area contributed by atoms with Gasteiger partial charge >= 0.3 is 6.03 Å². The number of unbranched alkanes of at least 4 members (excludes halogenated alkanes) is 1. The summed E-state index contributed by atoms with van der Waals surface area (Å²) in [5.41, 5.74) is 0.822. The van der Waals surface area contributed by atoms with Crippen LogP contribution in [0.3, 0.4) is 0 Å². The third-order valence-corrected chi connectivity index (χ3v) is 6.74. The van der Waals surface area contributed by atoms with Crippen LogP contribution < -0.4 is 5.32 Å². The number of carbonyl (C=O) groups is 3. The van der Waals surface area contributed by atoms with Gasteiger partial charge in [0.1, 0.15) is 6.04 Å². The Balaban J connectivity index is 1.78. The van der Waals surface area contributed by atoms with Crippen molar-refractivity contribution in [2.24, 2.45) is 0 Å². The second kappa shape index (κ2) is 12.9. The minimum atomic E-state index is -0.747. The Bertz CT molecular complexity index is 807. The highest BCUT2D eigenvalue weighted by molar-refractivity contribution is 6.38. The van der Waals surface area contributed by atoms with E-state index in [-0.39, 0.29) is 18.6 Å². The number of halogens is 1. The predicted molar refractivity (Wildman–Crippen MR) is 128 cm³/mol. The molecule has 7 nitrogen and oxygen atoms in total. The van der Waals surface area contributed by atoms with E-state index in [4.69, 9.17) is 16.3 Å². The van der Waals surface area contributed by atoms with Crippen molar-refractivity contribution in [3.8, 4) is 0 Å². The minimum absolute atomic E-state index is 0.0133. The van der Waals surface area contributed by atoms with Gasteiger partial charge in [0.15, 0.2) is 0 Å². The van der Waals surface area contributed by atoms with Gasteiger partial charge in [0, 0.05) is 30.7 Å². The SMILES string of the molecule is CCCC[C@@H](C(=O)C(=O)NCc1cccc(Cl)c1)N(C(=O)N1CCOCC1)C1CCCCC1. The molecule has 1 heterocycles. The average Bonchev–Trinajstić information content (AvgIpc) is 2.85. The van der Waals surface area contributed by atoms with Gasteiger partial charge in [-0.2, -0.15) is 0 Å². The fourth-order valence-corrected chi connectivity index (χ4v) is 4.90. The van der Waals surface area contributed by atoms with Crippen molar-refractivity contribution in [2.45, 2.75) is 76.9 Å². The van der Waals surface area contributed by atoms with Crippen molar-refractivity contribution < 1.29 is 19.1 Å². The minimum Gasteiger partial charge on any atom is -0.378 e. The first-order valence-electron chi connectivity index (χ1n) is 12.2. The van der Waals surface area contributed by atoms with Crippen molar-refractivity contribution in [3.63, 3.8) is 0 Å². The summed E-state index contributed by atoms with van der Waals surface area (Å²) in [6.07, 6.45) is 7.11.